The summed E-state index contributed by atoms with van der Waals surface area (Å²) in [6, 6.07) is 0. The average Bonchev–Trinajstić information content (AvgIpc) is 2.93. The highest BCUT2D eigenvalue weighted by Crippen LogP contribution is 2.63. The summed E-state index contributed by atoms with van der Waals surface area (Å²) in [6.45, 7) is 7.11. The molecule has 6 nitrogen and oxygen atoms in total. The molecule has 7 heteroatoms. The Bertz CT molecular complexity index is 626. The topological polar surface area (TPSA) is 78.8 Å². The van der Waals surface area contributed by atoms with Crippen LogP contribution in [0.5, 0.6) is 0 Å². The van der Waals surface area contributed by atoms with Gasteiger partial charge in [-0.05, 0) is 37.0 Å². The molecule has 1 amide bonds. The van der Waals surface area contributed by atoms with Crippen LogP contribution in [-0.4, -0.2) is 43.2 Å². The Morgan fingerprint density at radius 2 is 2.14 bits per heavy atom. The number of nitrogens with one attached hydrogen (secondary N) is 1. The zero-order valence-electron chi connectivity index (χ0n) is 13.6. The van der Waals surface area contributed by atoms with Gasteiger partial charge in [0.15, 0.2) is 0 Å². The Labute approximate surface area is 132 Å². The summed E-state index contributed by atoms with van der Waals surface area (Å²) in [5.41, 5.74) is 3.90. The molecule has 0 aromatic rings. The van der Waals surface area contributed by atoms with E-state index < -0.39 is 10.0 Å². The third-order valence-electron chi connectivity index (χ3n) is 6.35. The third-order valence-corrected chi connectivity index (χ3v) is 8.25. The van der Waals surface area contributed by atoms with Crippen LogP contribution in [-0.2, 0) is 14.8 Å². The second kappa shape index (κ2) is 5.03. The molecule has 0 radical (unpaired) electrons. The molecule has 0 aromatic heterocycles. The summed E-state index contributed by atoms with van der Waals surface area (Å²) >= 11 is 0. The fraction of sp³-hybridized carbons (Fsp3) is 0.867. The van der Waals surface area contributed by atoms with E-state index in [1.807, 2.05) is 0 Å². The van der Waals surface area contributed by atoms with Gasteiger partial charge in [0, 0.05) is 17.7 Å². The van der Waals surface area contributed by atoms with E-state index in [-0.39, 0.29) is 29.0 Å². The minimum atomic E-state index is -3.23. The van der Waals surface area contributed by atoms with Crippen molar-refractivity contribution in [2.45, 2.75) is 46.5 Å². The molecule has 1 heterocycles. The highest BCUT2D eigenvalue weighted by Gasteiger charge is 2.60. The molecule has 2 bridgehead atoms. The van der Waals surface area contributed by atoms with Gasteiger partial charge in [0.2, 0.25) is 10.0 Å². The minimum Gasteiger partial charge on any atom is -0.272 e. The monoisotopic (exact) mass is 327 g/mol. The number of carbonyl (C=O) groups is 1. The van der Waals surface area contributed by atoms with Crippen LogP contribution in [0.2, 0.25) is 0 Å². The van der Waals surface area contributed by atoms with Crippen LogP contribution >= 0.6 is 0 Å². The second-order valence-corrected chi connectivity index (χ2v) is 9.68. The first-order chi connectivity index (χ1) is 10.2. The van der Waals surface area contributed by atoms with Crippen molar-refractivity contribution in [3.8, 4) is 0 Å². The Morgan fingerprint density at radius 1 is 1.41 bits per heavy atom. The normalized spacial score (nSPS) is 37.8. The zero-order chi connectivity index (χ0) is 16.2. The second-order valence-electron chi connectivity index (χ2n) is 7.59. The first kappa shape index (κ1) is 15.9. The van der Waals surface area contributed by atoms with Crippen LogP contribution in [0, 0.1) is 16.7 Å². The number of hydrazone groups is 1. The van der Waals surface area contributed by atoms with E-state index in [4.69, 9.17) is 0 Å². The summed E-state index contributed by atoms with van der Waals surface area (Å²) in [5, 5.41) is 4.36. The van der Waals surface area contributed by atoms with Crippen molar-refractivity contribution in [2.24, 2.45) is 21.8 Å². The van der Waals surface area contributed by atoms with E-state index >= 15 is 0 Å². The van der Waals surface area contributed by atoms with Crippen molar-refractivity contribution in [1.82, 2.24) is 9.73 Å². The van der Waals surface area contributed by atoms with Gasteiger partial charge in [0.25, 0.3) is 5.91 Å². The average molecular weight is 327 g/mol. The fourth-order valence-electron chi connectivity index (χ4n) is 4.29. The van der Waals surface area contributed by atoms with Crippen molar-refractivity contribution in [2.75, 3.05) is 18.8 Å². The lowest BCUT2D eigenvalue weighted by molar-refractivity contribution is -0.121. The first-order valence-corrected chi connectivity index (χ1v) is 9.61. The van der Waals surface area contributed by atoms with E-state index in [0.29, 0.717) is 18.9 Å². The van der Waals surface area contributed by atoms with Crippen molar-refractivity contribution >= 4 is 21.6 Å². The van der Waals surface area contributed by atoms with Gasteiger partial charge in [-0.3, -0.25) is 4.79 Å². The summed E-state index contributed by atoms with van der Waals surface area (Å²) in [5.74, 6) is 0.428. The molecule has 3 rings (SSSR count). The van der Waals surface area contributed by atoms with Gasteiger partial charge in [-0.2, -0.15) is 9.41 Å². The molecule has 1 N–H and O–H groups in total. The molecule has 3 aliphatic rings. The Hall–Kier alpha value is -0.950. The molecular weight excluding hydrogens is 302 g/mol. The van der Waals surface area contributed by atoms with Gasteiger partial charge < -0.3 is 0 Å². The largest absolute Gasteiger partial charge is 0.272 e. The van der Waals surface area contributed by atoms with Crippen LogP contribution < -0.4 is 5.43 Å². The maximum absolute atomic E-state index is 12.0. The highest BCUT2D eigenvalue weighted by atomic mass is 32.2. The van der Waals surface area contributed by atoms with Crippen molar-refractivity contribution in [3.63, 3.8) is 0 Å². The Morgan fingerprint density at radius 3 is 2.64 bits per heavy atom. The number of carbonyl (C=O) groups excluding carboxylic acids is 1. The molecular formula is C15H25N3O3S. The van der Waals surface area contributed by atoms with Gasteiger partial charge >= 0.3 is 0 Å². The number of hydrogen-bond acceptors (Lipinski definition) is 4. The first-order valence-electron chi connectivity index (χ1n) is 8.00. The van der Waals surface area contributed by atoms with Gasteiger partial charge in [0.05, 0.1) is 12.3 Å². The van der Waals surface area contributed by atoms with E-state index in [1.54, 1.807) is 0 Å². The lowest BCUT2D eigenvalue weighted by atomic mass is 9.70. The Balaban J connectivity index is 1.64. The van der Waals surface area contributed by atoms with Gasteiger partial charge in [-0.1, -0.05) is 20.8 Å². The summed E-state index contributed by atoms with van der Waals surface area (Å²) < 4.78 is 24.7. The molecule has 3 fully saturated rings. The highest BCUT2D eigenvalue weighted by molar-refractivity contribution is 7.89. The number of fused-ring (bicyclic) bond motifs is 2. The maximum atomic E-state index is 12.0. The number of sulfonamides is 1. The summed E-state index contributed by atoms with van der Waals surface area (Å²) in [7, 11) is -3.23. The molecule has 1 saturated heterocycles. The van der Waals surface area contributed by atoms with Crippen molar-refractivity contribution < 1.29 is 13.2 Å². The maximum Gasteiger partial charge on any atom is 0.255 e. The quantitative estimate of drug-likeness (QED) is 0.795. The van der Waals surface area contributed by atoms with Gasteiger partial charge in [-0.15, -0.1) is 0 Å². The molecule has 22 heavy (non-hydrogen) atoms. The van der Waals surface area contributed by atoms with E-state index in [9.17, 15) is 13.2 Å². The molecule has 2 saturated carbocycles. The minimum absolute atomic E-state index is 0.0463. The Kier molecular flexibility index (Phi) is 3.64. The van der Waals surface area contributed by atoms with E-state index in [1.165, 1.54) is 10.7 Å². The van der Waals surface area contributed by atoms with Crippen LogP contribution in [0.25, 0.3) is 0 Å². The van der Waals surface area contributed by atoms with Gasteiger partial charge in [0.1, 0.15) is 0 Å². The number of amides is 1. The molecule has 2 aliphatic carbocycles. The van der Waals surface area contributed by atoms with E-state index in [2.05, 4.69) is 31.3 Å². The predicted molar refractivity (Wildman–Crippen MR) is 84.8 cm³/mol. The smallest absolute Gasteiger partial charge is 0.255 e. The van der Waals surface area contributed by atoms with E-state index in [0.717, 1.165) is 18.6 Å². The lowest BCUT2D eigenvalue weighted by Gasteiger charge is -2.34. The third kappa shape index (κ3) is 2.29. The van der Waals surface area contributed by atoms with Crippen LogP contribution in [0.4, 0.5) is 0 Å². The van der Waals surface area contributed by atoms with Crippen LogP contribution in [0.1, 0.15) is 46.5 Å². The molecule has 0 spiro atoms. The summed E-state index contributed by atoms with van der Waals surface area (Å²) in [4.78, 5) is 12.0. The predicted octanol–water partition coefficient (Wildman–Crippen LogP) is 1.34. The van der Waals surface area contributed by atoms with Crippen LogP contribution in [0.15, 0.2) is 5.10 Å². The van der Waals surface area contributed by atoms with Gasteiger partial charge in [-0.25, -0.2) is 13.8 Å². The number of nitrogens with zero attached hydrogens (tertiary/aromatic N) is 2. The number of rotatable bonds is 3. The van der Waals surface area contributed by atoms with Crippen LogP contribution in [0.3, 0.4) is 0 Å². The fourth-order valence-corrected chi connectivity index (χ4v) is 5.77. The molecule has 2 atom stereocenters. The molecule has 0 aromatic carbocycles. The lowest BCUT2D eigenvalue weighted by Crippen LogP contribution is -2.38. The van der Waals surface area contributed by atoms with Crippen molar-refractivity contribution in [3.05, 3.63) is 0 Å². The molecule has 2 unspecified atom stereocenters. The molecule has 1 aliphatic heterocycles. The number of hydrogen-bond donors (Lipinski definition) is 1. The summed E-state index contributed by atoms with van der Waals surface area (Å²) in [6.07, 6.45) is 3.87. The molecule has 124 valence electrons. The standard InChI is InChI=1S/C15H25N3O3S/c1-14(2)11-5-6-15(14,3)12(9-11)16-17-13(19)10-18-7-4-8-22(18,20)21/h11H,4-10H2,1-3H3,(H,17,19). The zero-order valence-corrected chi connectivity index (χ0v) is 14.4. The SMILES string of the molecule is CC12CCC(CC1=NNC(=O)CN1CCCS1(=O)=O)C2(C)C. The van der Waals surface area contributed by atoms with Crippen molar-refractivity contribution in [1.29, 1.82) is 0 Å².